The molecule has 6 nitrogen and oxygen atoms in total. The fraction of sp³-hybridized carbons (Fsp3) is 0.579. The fourth-order valence-electron chi connectivity index (χ4n) is 3.64. The second-order valence-corrected chi connectivity index (χ2v) is 6.80. The Bertz CT molecular complexity index is 593. The van der Waals surface area contributed by atoms with Gasteiger partial charge in [0.05, 0.1) is 18.1 Å². The highest BCUT2D eigenvalue weighted by molar-refractivity contribution is 5.79. The van der Waals surface area contributed by atoms with Gasteiger partial charge >= 0.3 is 0 Å². The Morgan fingerprint density at radius 3 is 2.92 bits per heavy atom. The van der Waals surface area contributed by atoms with Crippen LogP contribution >= 0.6 is 0 Å². The number of nitrogen functional groups attached to an aromatic ring is 1. The Morgan fingerprint density at radius 2 is 2.28 bits per heavy atom. The van der Waals surface area contributed by atoms with Gasteiger partial charge in [-0.05, 0) is 37.0 Å². The zero-order chi connectivity index (χ0) is 18.4. The molecule has 2 N–H and O–H groups in total. The summed E-state index contributed by atoms with van der Waals surface area (Å²) >= 11 is 0. The molecule has 0 saturated carbocycles. The minimum atomic E-state index is -0.304. The SMILES string of the molecule is COC(C(C)C(=O)N(C)CCc1cccc(N)c1)C1CCCN1C=O. The lowest BCUT2D eigenvalue weighted by Gasteiger charge is -2.33. The summed E-state index contributed by atoms with van der Waals surface area (Å²) in [6.45, 7) is 3.24. The molecule has 0 aromatic heterocycles. The van der Waals surface area contributed by atoms with Crippen LogP contribution in [0.4, 0.5) is 5.69 Å². The van der Waals surface area contributed by atoms with E-state index in [-0.39, 0.29) is 24.0 Å². The summed E-state index contributed by atoms with van der Waals surface area (Å²) < 4.78 is 5.61. The van der Waals surface area contributed by atoms with Crippen molar-refractivity contribution in [2.24, 2.45) is 5.92 Å². The van der Waals surface area contributed by atoms with Crippen molar-refractivity contribution < 1.29 is 14.3 Å². The van der Waals surface area contributed by atoms with Gasteiger partial charge in [0, 0.05) is 32.9 Å². The van der Waals surface area contributed by atoms with E-state index in [0.717, 1.165) is 43.5 Å². The summed E-state index contributed by atoms with van der Waals surface area (Å²) in [5.74, 6) is -0.269. The molecule has 3 unspecified atom stereocenters. The van der Waals surface area contributed by atoms with Crippen LogP contribution in [0.15, 0.2) is 24.3 Å². The normalized spacial score (nSPS) is 19.5. The summed E-state index contributed by atoms with van der Waals surface area (Å²) in [5, 5.41) is 0. The van der Waals surface area contributed by atoms with E-state index in [1.807, 2.05) is 38.2 Å². The van der Waals surface area contributed by atoms with Gasteiger partial charge in [0.1, 0.15) is 0 Å². The van der Waals surface area contributed by atoms with Gasteiger partial charge in [0.25, 0.3) is 0 Å². The quantitative estimate of drug-likeness (QED) is 0.572. The first kappa shape index (κ1) is 19.2. The van der Waals surface area contributed by atoms with Crippen molar-refractivity contribution in [2.45, 2.75) is 38.3 Å². The number of likely N-dealkylation sites (N-methyl/N-ethyl adjacent to an activating group) is 1. The fourth-order valence-corrected chi connectivity index (χ4v) is 3.64. The number of carbonyl (C=O) groups excluding carboxylic acids is 2. The lowest BCUT2D eigenvalue weighted by Crippen LogP contribution is -2.48. The summed E-state index contributed by atoms with van der Waals surface area (Å²) in [4.78, 5) is 27.5. The predicted octanol–water partition coefficient (Wildman–Crippen LogP) is 1.54. The number of nitrogens with two attached hydrogens (primary N) is 1. The third-order valence-corrected chi connectivity index (χ3v) is 5.07. The zero-order valence-corrected chi connectivity index (χ0v) is 15.4. The van der Waals surface area contributed by atoms with E-state index in [2.05, 4.69) is 0 Å². The van der Waals surface area contributed by atoms with Crippen LogP contribution < -0.4 is 5.73 Å². The zero-order valence-electron chi connectivity index (χ0n) is 15.4. The number of hydrogen-bond donors (Lipinski definition) is 1. The minimum Gasteiger partial charge on any atom is -0.399 e. The van der Waals surface area contributed by atoms with Crippen LogP contribution in [0.25, 0.3) is 0 Å². The Morgan fingerprint density at radius 1 is 1.52 bits per heavy atom. The molecule has 2 rings (SSSR count). The van der Waals surface area contributed by atoms with Crippen molar-refractivity contribution in [1.29, 1.82) is 0 Å². The summed E-state index contributed by atoms with van der Waals surface area (Å²) in [6.07, 6.45) is 3.17. The maximum Gasteiger partial charge on any atom is 0.227 e. The van der Waals surface area contributed by atoms with Crippen molar-refractivity contribution in [3.8, 4) is 0 Å². The molecule has 3 atom stereocenters. The average molecular weight is 347 g/mol. The second kappa shape index (κ2) is 8.85. The van der Waals surface area contributed by atoms with E-state index < -0.39 is 0 Å². The monoisotopic (exact) mass is 347 g/mol. The molecule has 1 aromatic carbocycles. The molecular weight excluding hydrogens is 318 g/mol. The number of methoxy groups -OCH3 is 1. The summed E-state index contributed by atoms with van der Waals surface area (Å²) in [7, 11) is 3.42. The van der Waals surface area contributed by atoms with Crippen molar-refractivity contribution in [2.75, 3.05) is 33.0 Å². The van der Waals surface area contributed by atoms with E-state index in [9.17, 15) is 9.59 Å². The van der Waals surface area contributed by atoms with Crippen LogP contribution in [0, 0.1) is 5.92 Å². The molecule has 1 aliphatic rings. The number of ether oxygens (including phenoxy) is 1. The molecule has 1 aliphatic heterocycles. The number of rotatable bonds is 8. The lowest BCUT2D eigenvalue weighted by atomic mass is 9.94. The van der Waals surface area contributed by atoms with Crippen molar-refractivity contribution in [3.05, 3.63) is 29.8 Å². The third-order valence-electron chi connectivity index (χ3n) is 5.07. The van der Waals surface area contributed by atoms with Crippen LogP contribution in [0.2, 0.25) is 0 Å². The van der Waals surface area contributed by atoms with E-state index in [4.69, 9.17) is 10.5 Å². The largest absolute Gasteiger partial charge is 0.399 e. The molecule has 0 radical (unpaired) electrons. The number of benzene rings is 1. The van der Waals surface area contributed by atoms with Crippen LogP contribution in [0.1, 0.15) is 25.3 Å². The maximum atomic E-state index is 12.8. The van der Waals surface area contributed by atoms with Gasteiger partial charge in [-0.1, -0.05) is 19.1 Å². The average Bonchev–Trinajstić information content (AvgIpc) is 3.08. The number of likely N-dealkylation sites (tertiary alicyclic amines) is 1. The Hall–Kier alpha value is -2.08. The Balaban J connectivity index is 1.95. The molecule has 0 bridgehead atoms. The Kier molecular flexibility index (Phi) is 6.82. The molecule has 1 heterocycles. The molecular formula is C19H29N3O3. The molecule has 0 spiro atoms. The number of amides is 2. The van der Waals surface area contributed by atoms with Gasteiger partial charge in [-0.15, -0.1) is 0 Å². The van der Waals surface area contributed by atoms with Crippen molar-refractivity contribution >= 4 is 18.0 Å². The third kappa shape index (κ3) is 4.72. The molecule has 1 aromatic rings. The predicted molar refractivity (Wildman–Crippen MR) is 97.9 cm³/mol. The highest BCUT2D eigenvalue weighted by atomic mass is 16.5. The van der Waals surface area contributed by atoms with Gasteiger partial charge < -0.3 is 20.3 Å². The lowest BCUT2D eigenvalue weighted by molar-refractivity contribution is -0.141. The van der Waals surface area contributed by atoms with Crippen molar-refractivity contribution in [3.63, 3.8) is 0 Å². The molecule has 0 aliphatic carbocycles. The number of hydrogen-bond acceptors (Lipinski definition) is 4. The van der Waals surface area contributed by atoms with E-state index in [1.165, 1.54) is 0 Å². The summed E-state index contributed by atoms with van der Waals surface area (Å²) in [5.41, 5.74) is 7.64. The first-order valence-electron chi connectivity index (χ1n) is 8.81. The molecule has 1 fully saturated rings. The highest BCUT2D eigenvalue weighted by Crippen LogP contribution is 2.25. The molecule has 1 saturated heterocycles. The number of nitrogens with zero attached hydrogens (tertiary/aromatic N) is 2. The van der Waals surface area contributed by atoms with Gasteiger partial charge in [-0.3, -0.25) is 9.59 Å². The topological polar surface area (TPSA) is 75.9 Å². The van der Waals surface area contributed by atoms with Crippen LogP contribution in [-0.2, 0) is 20.7 Å². The van der Waals surface area contributed by atoms with Gasteiger partial charge in [-0.2, -0.15) is 0 Å². The van der Waals surface area contributed by atoms with Crippen LogP contribution in [0.3, 0.4) is 0 Å². The molecule has 138 valence electrons. The summed E-state index contributed by atoms with van der Waals surface area (Å²) in [6, 6.07) is 7.69. The number of carbonyl (C=O) groups is 2. The standard InChI is InChI=1S/C19H29N3O3/c1-14(18(25-3)17-8-5-10-22(17)13-23)19(24)21(2)11-9-15-6-4-7-16(20)12-15/h4,6-7,12-14,17-18H,5,8-11,20H2,1-3H3. The van der Waals surface area contributed by atoms with Crippen molar-refractivity contribution in [1.82, 2.24) is 9.80 Å². The van der Waals surface area contributed by atoms with Crippen LogP contribution in [0.5, 0.6) is 0 Å². The second-order valence-electron chi connectivity index (χ2n) is 6.80. The molecule has 6 heteroatoms. The van der Waals surface area contributed by atoms with Gasteiger partial charge in [-0.25, -0.2) is 0 Å². The van der Waals surface area contributed by atoms with E-state index in [1.54, 1.807) is 16.9 Å². The maximum absolute atomic E-state index is 12.8. The smallest absolute Gasteiger partial charge is 0.227 e. The molecule has 25 heavy (non-hydrogen) atoms. The first-order valence-corrected chi connectivity index (χ1v) is 8.81. The molecule has 2 amide bonds. The first-order chi connectivity index (χ1) is 12.0. The van der Waals surface area contributed by atoms with E-state index >= 15 is 0 Å². The highest BCUT2D eigenvalue weighted by Gasteiger charge is 2.37. The van der Waals surface area contributed by atoms with E-state index in [0.29, 0.717) is 6.54 Å². The van der Waals surface area contributed by atoms with Gasteiger partial charge in [0.2, 0.25) is 12.3 Å². The minimum absolute atomic E-state index is 0.0243. The number of anilines is 1. The van der Waals surface area contributed by atoms with Gasteiger partial charge in [0.15, 0.2) is 0 Å². The Labute approximate surface area is 149 Å². The van der Waals surface area contributed by atoms with Crippen LogP contribution in [-0.4, -0.2) is 61.5 Å².